The second kappa shape index (κ2) is 24.1. The molecule has 72 heavy (non-hydrogen) atoms. The number of thiazole rings is 2. The van der Waals surface area contributed by atoms with Gasteiger partial charge in [0.1, 0.15) is 5.78 Å². The van der Waals surface area contributed by atoms with Crippen molar-refractivity contribution in [1.29, 1.82) is 0 Å². The standard InChI is InChI=1S/C24H23N3O5S2.C24H21N3O5S2.CH4O.B.Na.H/c2*28-16-8-5-14(6-9-16)24-26-13-17(33-24)12-25-22(29)15-7-10-21-19(11-15)27-23(30)18-3-1-2-4-20(18)34(21,31)32;1-2;;;/h1-4,7,10-11,13-14,16,28H,5-6,8-9,12H2,(H,25,29)(H,27,30);1-4,7,10-11,13-14H,5-6,8-9,12H2,(H,25,29)(H,27,30);2H,1H3;;;/q;;;;+1;-1. The first kappa shape index (κ1) is 55.9. The SMILES string of the molecule is CO.O=C(NCc1cnc(C2CCC(O)CC2)s1)c1ccc2c(c1)NC(=O)c1ccccc1S2(=O)=O.O=C1CCC(c2ncc(CNC(=O)c3ccc4c(c3)NC(=O)c3ccccc3S4(=O)=O)s2)CC1.[B].[H-].[Na+]. The van der Waals surface area contributed by atoms with Gasteiger partial charge in [0.25, 0.3) is 23.6 Å². The molecule has 4 aromatic carbocycles. The molecule has 17 nitrogen and oxygen atoms in total. The number of hydrogen-bond donors (Lipinski definition) is 6. The van der Waals surface area contributed by atoms with Crippen LogP contribution in [0.3, 0.4) is 0 Å². The van der Waals surface area contributed by atoms with Crippen LogP contribution in [0.5, 0.6) is 0 Å². The van der Waals surface area contributed by atoms with Gasteiger partial charge < -0.3 is 32.9 Å². The molecule has 2 aromatic heterocycles. The Morgan fingerprint density at radius 3 is 1.46 bits per heavy atom. The van der Waals surface area contributed by atoms with E-state index in [-0.39, 0.29) is 117 Å². The van der Waals surface area contributed by atoms with Gasteiger partial charge in [-0.3, -0.25) is 24.0 Å². The molecule has 2 aliphatic carbocycles. The third kappa shape index (κ3) is 12.1. The number of anilines is 2. The summed E-state index contributed by atoms with van der Waals surface area (Å²) in [4.78, 5) is 72.8. The van der Waals surface area contributed by atoms with Crippen molar-refractivity contribution in [3.05, 3.63) is 139 Å². The van der Waals surface area contributed by atoms with Crippen LogP contribution in [0.1, 0.15) is 126 Å². The number of ketones is 1. The molecular formula is C49H49BN6NaO11S4. The minimum Gasteiger partial charge on any atom is -1.00 e. The minimum absolute atomic E-state index is 0. The van der Waals surface area contributed by atoms with Crippen LogP contribution in [0.4, 0.5) is 11.4 Å². The van der Waals surface area contributed by atoms with Gasteiger partial charge in [-0.15, -0.1) is 22.7 Å². The molecule has 23 heteroatoms. The molecular weight excluding hydrogens is 1010 g/mol. The van der Waals surface area contributed by atoms with E-state index < -0.39 is 37.4 Å². The zero-order valence-corrected chi connectivity index (χ0v) is 44.5. The van der Waals surface area contributed by atoms with E-state index in [4.69, 9.17) is 5.11 Å². The molecule has 3 radical (unpaired) electrons. The molecule has 0 spiro atoms. The maximum atomic E-state index is 13.1. The number of aliphatic hydroxyl groups is 2. The third-order valence-corrected chi connectivity index (χ3v) is 18.4. The van der Waals surface area contributed by atoms with Crippen LogP contribution < -0.4 is 50.8 Å². The summed E-state index contributed by atoms with van der Waals surface area (Å²) in [5, 5.41) is 29.6. The summed E-state index contributed by atoms with van der Waals surface area (Å²) >= 11 is 3.08. The van der Waals surface area contributed by atoms with Crippen molar-refractivity contribution in [1.82, 2.24) is 20.6 Å². The number of hydrogen-bond acceptors (Lipinski definition) is 15. The van der Waals surface area contributed by atoms with Crippen LogP contribution in [-0.4, -0.2) is 88.1 Å². The maximum Gasteiger partial charge on any atom is 1.00 e. The summed E-state index contributed by atoms with van der Waals surface area (Å²) in [5.41, 5.74) is 0.752. The van der Waals surface area contributed by atoms with Gasteiger partial charge in [-0.2, -0.15) is 0 Å². The third-order valence-electron chi connectivity index (χ3n) is 12.3. The van der Waals surface area contributed by atoms with E-state index in [1.807, 2.05) is 0 Å². The van der Waals surface area contributed by atoms with Crippen molar-refractivity contribution in [3.8, 4) is 0 Å². The van der Waals surface area contributed by atoms with Gasteiger partial charge in [0.15, 0.2) is 0 Å². The molecule has 4 heterocycles. The fourth-order valence-electron chi connectivity index (χ4n) is 8.63. The Labute approximate surface area is 449 Å². The molecule has 369 valence electrons. The Morgan fingerprint density at radius 1 is 0.625 bits per heavy atom. The van der Waals surface area contributed by atoms with Crippen molar-refractivity contribution in [2.75, 3.05) is 17.7 Å². The Hall–Kier alpha value is -5.43. The summed E-state index contributed by atoms with van der Waals surface area (Å²) in [6.45, 7) is 0.564. The molecule has 0 bridgehead atoms. The molecule has 0 unspecified atom stereocenters. The summed E-state index contributed by atoms with van der Waals surface area (Å²) in [5.74, 6) is -0.932. The minimum atomic E-state index is -3.92. The number of Topliss-reactive ketones (excluding diaryl/α,β-unsaturated/α-hetero) is 1. The molecule has 0 saturated heterocycles. The second-order valence-electron chi connectivity index (χ2n) is 16.8. The quantitative estimate of drug-likeness (QED) is 0.119. The molecule has 2 saturated carbocycles. The molecule has 6 N–H and O–H groups in total. The zero-order chi connectivity index (χ0) is 49.7. The van der Waals surface area contributed by atoms with Crippen molar-refractivity contribution >= 4 is 91.5 Å². The number of benzene rings is 4. The fraction of sp³-hybridized carbons (Fsp3) is 0.286. The summed E-state index contributed by atoms with van der Waals surface area (Å²) < 4.78 is 52.4. The largest absolute Gasteiger partial charge is 1.00 e. The number of sulfone groups is 2. The number of nitrogens with zero attached hydrogens (tertiary/aromatic N) is 2. The predicted molar refractivity (Wildman–Crippen MR) is 268 cm³/mol. The average molecular weight is 1060 g/mol. The zero-order valence-electron chi connectivity index (χ0n) is 40.2. The first-order valence-corrected chi connectivity index (χ1v) is 26.9. The first-order chi connectivity index (χ1) is 33.6. The smallest absolute Gasteiger partial charge is 1.00 e. The van der Waals surface area contributed by atoms with Crippen LogP contribution >= 0.6 is 22.7 Å². The Morgan fingerprint density at radius 2 is 1.03 bits per heavy atom. The molecule has 6 aromatic rings. The topological polar surface area (TPSA) is 268 Å². The van der Waals surface area contributed by atoms with Gasteiger partial charge in [0, 0.05) is 73.5 Å². The number of aromatic nitrogens is 2. The van der Waals surface area contributed by atoms with Gasteiger partial charge in [-0.1, -0.05) is 24.3 Å². The van der Waals surface area contributed by atoms with Crippen LogP contribution in [0.25, 0.3) is 0 Å². The number of rotatable bonds is 8. The molecule has 4 amide bonds. The van der Waals surface area contributed by atoms with Crippen molar-refractivity contribution in [2.24, 2.45) is 0 Å². The Balaban J connectivity index is 0.000000252. The van der Waals surface area contributed by atoms with E-state index in [1.165, 1.54) is 72.0 Å². The number of aliphatic hydroxyl groups excluding tert-OH is 2. The van der Waals surface area contributed by atoms with Crippen LogP contribution in [0.15, 0.2) is 117 Å². The maximum absolute atomic E-state index is 13.1. The van der Waals surface area contributed by atoms with Crippen molar-refractivity contribution in [3.63, 3.8) is 0 Å². The molecule has 2 fully saturated rings. The van der Waals surface area contributed by atoms with Gasteiger partial charge in [0.05, 0.1) is 71.3 Å². The fourth-order valence-corrected chi connectivity index (χ4v) is 13.9. The van der Waals surface area contributed by atoms with Crippen LogP contribution in [0, 0.1) is 0 Å². The Kier molecular flexibility index (Phi) is 18.7. The van der Waals surface area contributed by atoms with Gasteiger partial charge in [-0.25, -0.2) is 26.8 Å². The molecule has 2 aliphatic heterocycles. The van der Waals surface area contributed by atoms with E-state index in [2.05, 4.69) is 31.2 Å². The first-order valence-electron chi connectivity index (χ1n) is 22.3. The number of carbonyl (C=O) groups is 5. The summed E-state index contributed by atoms with van der Waals surface area (Å²) in [7, 11) is -6.84. The van der Waals surface area contributed by atoms with Gasteiger partial charge in [-0.05, 0) is 99.2 Å². The van der Waals surface area contributed by atoms with Gasteiger partial charge in [0.2, 0.25) is 19.7 Å². The van der Waals surface area contributed by atoms with E-state index in [9.17, 15) is 45.9 Å². The van der Waals surface area contributed by atoms with Crippen LogP contribution in [0.2, 0.25) is 0 Å². The Bertz CT molecular complexity index is 3250. The van der Waals surface area contributed by atoms with E-state index in [0.29, 0.717) is 31.1 Å². The number of fused-ring (bicyclic) bond motifs is 4. The number of nitrogens with one attached hydrogen (secondary N) is 4. The predicted octanol–water partition coefficient (Wildman–Crippen LogP) is 3.53. The van der Waals surface area contributed by atoms with E-state index >= 15 is 0 Å². The van der Waals surface area contributed by atoms with Crippen molar-refractivity contribution < 1.29 is 82.0 Å². The molecule has 10 rings (SSSR count). The average Bonchev–Trinajstić information content (AvgIpc) is 4.03. The second-order valence-corrected chi connectivity index (χ2v) is 22.9. The van der Waals surface area contributed by atoms with E-state index in [0.717, 1.165) is 65.4 Å². The molecule has 0 atom stereocenters. The van der Waals surface area contributed by atoms with E-state index in [1.54, 1.807) is 48.0 Å². The number of carbonyl (C=O) groups excluding carboxylic acids is 5. The number of amides is 4. The normalized spacial score (nSPS) is 18.2. The molecule has 4 aliphatic rings. The van der Waals surface area contributed by atoms with Crippen LogP contribution in [-0.2, 0) is 37.6 Å². The van der Waals surface area contributed by atoms with Crippen molar-refractivity contribution in [2.45, 2.75) is 102 Å². The summed E-state index contributed by atoms with van der Waals surface area (Å²) in [6, 6.07) is 20.4. The monoisotopic (exact) mass is 1060 g/mol. The van der Waals surface area contributed by atoms with Gasteiger partial charge >= 0.3 is 29.6 Å². The summed E-state index contributed by atoms with van der Waals surface area (Å²) in [6.07, 6.45) is 9.46.